The van der Waals surface area contributed by atoms with Crippen LogP contribution >= 0.6 is 11.6 Å². The second kappa shape index (κ2) is 6.04. The number of halogens is 1. The van der Waals surface area contributed by atoms with E-state index in [0.29, 0.717) is 26.8 Å². The van der Waals surface area contributed by atoms with Crippen molar-refractivity contribution in [3.05, 3.63) is 97.9 Å². The van der Waals surface area contributed by atoms with Gasteiger partial charge in [-0.15, -0.1) is 0 Å². The summed E-state index contributed by atoms with van der Waals surface area (Å²) >= 11 is 6.07. The van der Waals surface area contributed by atoms with E-state index in [1.807, 2.05) is 49.4 Å². The highest BCUT2D eigenvalue weighted by Gasteiger charge is 2.17. The number of aryl methyl sites for hydroxylation is 1. The van der Waals surface area contributed by atoms with Crippen LogP contribution in [0, 0.1) is 6.92 Å². The van der Waals surface area contributed by atoms with Gasteiger partial charge in [0.2, 0.25) is 11.1 Å². The van der Waals surface area contributed by atoms with E-state index >= 15 is 0 Å². The number of hydrogen-bond donors (Lipinski definition) is 0. The third-order valence-corrected chi connectivity index (χ3v) is 5.07. The van der Waals surface area contributed by atoms with Gasteiger partial charge in [0.15, 0.2) is 0 Å². The molecule has 0 aliphatic rings. The lowest BCUT2D eigenvalue weighted by Gasteiger charge is -2.16. The second-order valence-corrected chi connectivity index (χ2v) is 7.15. The molecule has 2 heterocycles. The molecule has 0 fully saturated rings. The molecule has 0 spiro atoms. The molecule has 0 saturated carbocycles. The standard InChI is InChI=1S/C22H14ClN3O2/c1-13-7-9-17-19(11-13)25(15-5-3-2-4-6-15)26-21(20(17)27)24-18-12-14(23)8-10-16(18)22(26)28/h2-12H,1H3. The molecule has 3 aromatic carbocycles. The van der Waals surface area contributed by atoms with Crippen molar-refractivity contribution in [2.45, 2.75) is 6.92 Å². The van der Waals surface area contributed by atoms with Gasteiger partial charge in [0.1, 0.15) is 0 Å². The van der Waals surface area contributed by atoms with Gasteiger partial charge in [-0.05, 0) is 55.0 Å². The summed E-state index contributed by atoms with van der Waals surface area (Å²) in [5, 5.41) is 1.37. The number of rotatable bonds is 1. The SMILES string of the molecule is Cc1ccc2c(=O)c3nc4cc(Cl)ccc4c(=O)n3n(-c3ccccc3)c2c1. The molecule has 0 bridgehead atoms. The molecule has 0 N–H and O–H groups in total. The largest absolute Gasteiger partial charge is 0.285 e. The molecule has 28 heavy (non-hydrogen) atoms. The van der Waals surface area contributed by atoms with Crippen LogP contribution in [0.3, 0.4) is 0 Å². The summed E-state index contributed by atoms with van der Waals surface area (Å²) in [6, 6.07) is 19.9. The lowest BCUT2D eigenvalue weighted by atomic mass is 10.1. The van der Waals surface area contributed by atoms with Gasteiger partial charge in [0, 0.05) is 5.02 Å². The van der Waals surface area contributed by atoms with Crippen LogP contribution < -0.4 is 11.0 Å². The Balaban J connectivity index is 2.14. The minimum atomic E-state index is -0.318. The van der Waals surface area contributed by atoms with Crippen LogP contribution in [0.4, 0.5) is 0 Å². The molecule has 0 aliphatic heterocycles. The fourth-order valence-corrected chi connectivity index (χ4v) is 3.71. The van der Waals surface area contributed by atoms with Gasteiger partial charge in [-0.2, -0.15) is 4.52 Å². The van der Waals surface area contributed by atoms with Crippen LogP contribution in [-0.2, 0) is 0 Å². The van der Waals surface area contributed by atoms with Gasteiger partial charge >= 0.3 is 0 Å². The van der Waals surface area contributed by atoms with Crippen molar-refractivity contribution in [3.63, 3.8) is 0 Å². The Morgan fingerprint density at radius 1 is 0.893 bits per heavy atom. The van der Waals surface area contributed by atoms with Gasteiger partial charge in [-0.1, -0.05) is 35.9 Å². The zero-order valence-electron chi connectivity index (χ0n) is 14.9. The highest BCUT2D eigenvalue weighted by molar-refractivity contribution is 6.31. The first-order valence-corrected chi connectivity index (χ1v) is 9.15. The summed E-state index contributed by atoms with van der Waals surface area (Å²) in [6.07, 6.45) is 0. The molecule has 0 atom stereocenters. The summed E-state index contributed by atoms with van der Waals surface area (Å²) < 4.78 is 3.11. The van der Waals surface area contributed by atoms with E-state index < -0.39 is 0 Å². The smallest absolute Gasteiger partial charge is 0.281 e. The fourth-order valence-electron chi connectivity index (χ4n) is 3.54. The normalized spacial score (nSPS) is 11.5. The summed E-state index contributed by atoms with van der Waals surface area (Å²) in [4.78, 5) is 31.1. The Bertz CT molecular complexity index is 1520. The number of hydrogen-bond acceptors (Lipinski definition) is 3. The van der Waals surface area contributed by atoms with Crippen LogP contribution in [0.25, 0.3) is 33.1 Å². The summed E-state index contributed by atoms with van der Waals surface area (Å²) in [5.74, 6) is 0. The molecular formula is C22H14ClN3O2. The van der Waals surface area contributed by atoms with E-state index in [1.165, 1.54) is 4.52 Å². The Morgan fingerprint density at radius 3 is 2.43 bits per heavy atom. The van der Waals surface area contributed by atoms with Crippen molar-refractivity contribution in [1.29, 1.82) is 0 Å². The summed E-state index contributed by atoms with van der Waals surface area (Å²) in [5.41, 5.74) is 2.27. The van der Waals surface area contributed by atoms with Crippen LogP contribution in [0.15, 0.2) is 76.3 Å². The molecule has 0 unspecified atom stereocenters. The van der Waals surface area contributed by atoms with Crippen molar-refractivity contribution >= 4 is 39.1 Å². The molecule has 2 aromatic heterocycles. The molecule has 5 nitrogen and oxygen atoms in total. The highest BCUT2D eigenvalue weighted by atomic mass is 35.5. The maximum Gasteiger partial charge on any atom is 0.281 e. The Morgan fingerprint density at radius 2 is 1.64 bits per heavy atom. The minimum absolute atomic E-state index is 0.0694. The average molecular weight is 388 g/mol. The molecular weight excluding hydrogens is 374 g/mol. The number of fused-ring (bicyclic) bond motifs is 3. The third kappa shape index (κ3) is 2.37. The topological polar surface area (TPSA) is 56.4 Å². The average Bonchev–Trinajstić information content (AvgIpc) is 2.69. The fraction of sp³-hybridized carbons (Fsp3) is 0.0455. The Labute approximate surface area is 164 Å². The Kier molecular flexibility index (Phi) is 3.60. The predicted octanol–water partition coefficient (Wildman–Crippen LogP) is 4.11. The van der Waals surface area contributed by atoms with Crippen molar-refractivity contribution in [1.82, 2.24) is 14.2 Å². The lowest BCUT2D eigenvalue weighted by Crippen LogP contribution is -2.29. The van der Waals surface area contributed by atoms with Gasteiger partial charge < -0.3 is 0 Å². The first kappa shape index (κ1) is 16.7. The van der Waals surface area contributed by atoms with Gasteiger partial charge in [-0.3, -0.25) is 9.59 Å². The van der Waals surface area contributed by atoms with Crippen LogP contribution in [0.1, 0.15) is 5.56 Å². The highest BCUT2D eigenvalue weighted by Crippen LogP contribution is 2.20. The quantitative estimate of drug-likeness (QED) is 0.407. The second-order valence-electron chi connectivity index (χ2n) is 6.71. The van der Waals surface area contributed by atoms with Crippen molar-refractivity contribution in [2.24, 2.45) is 0 Å². The first-order valence-electron chi connectivity index (χ1n) is 8.78. The van der Waals surface area contributed by atoms with Crippen molar-refractivity contribution in [2.75, 3.05) is 0 Å². The molecule has 0 amide bonds. The van der Waals surface area contributed by atoms with E-state index in [0.717, 1.165) is 11.3 Å². The molecule has 136 valence electrons. The zero-order valence-corrected chi connectivity index (χ0v) is 15.6. The molecule has 0 radical (unpaired) electrons. The number of nitrogens with zero attached hydrogens (tertiary/aromatic N) is 3. The van der Waals surface area contributed by atoms with E-state index in [1.54, 1.807) is 28.9 Å². The Hall–Kier alpha value is -3.44. The first-order chi connectivity index (χ1) is 13.5. The summed E-state index contributed by atoms with van der Waals surface area (Å²) in [6.45, 7) is 1.95. The molecule has 5 rings (SSSR count). The molecule has 6 heteroatoms. The van der Waals surface area contributed by atoms with Crippen LogP contribution in [-0.4, -0.2) is 14.2 Å². The van der Waals surface area contributed by atoms with Crippen molar-refractivity contribution in [3.8, 4) is 5.69 Å². The monoisotopic (exact) mass is 387 g/mol. The van der Waals surface area contributed by atoms with Crippen LogP contribution in [0.5, 0.6) is 0 Å². The minimum Gasteiger partial charge on any atom is -0.285 e. The molecule has 0 aliphatic carbocycles. The maximum atomic E-state index is 13.4. The lowest BCUT2D eigenvalue weighted by molar-refractivity contribution is 0.772. The van der Waals surface area contributed by atoms with E-state index in [-0.39, 0.29) is 16.6 Å². The zero-order chi connectivity index (χ0) is 19.4. The molecule has 0 saturated heterocycles. The van der Waals surface area contributed by atoms with Gasteiger partial charge in [0.05, 0.1) is 27.5 Å². The summed E-state index contributed by atoms with van der Waals surface area (Å²) in [7, 11) is 0. The maximum absolute atomic E-state index is 13.4. The number of aromatic nitrogens is 3. The van der Waals surface area contributed by atoms with E-state index in [2.05, 4.69) is 4.98 Å². The van der Waals surface area contributed by atoms with Gasteiger partial charge in [0.25, 0.3) is 5.56 Å². The number of para-hydroxylation sites is 1. The van der Waals surface area contributed by atoms with Gasteiger partial charge in [-0.25, -0.2) is 9.67 Å². The third-order valence-electron chi connectivity index (χ3n) is 4.84. The van der Waals surface area contributed by atoms with E-state index in [9.17, 15) is 9.59 Å². The van der Waals surface area contributed by atoms with Crippen molar-refractivity contribution < 1.29 is 0 Å². The molecule has 5 aromatic rings. The predicted molar refractivity (Wildman–Crippen MR) is 112 cm³/mol. The van der Waals surface area contributed by atoms with Crippen LogP contribution in [0.2, 0.25) is 5.02 Å². The number of benzene rings is 3. The van der Waals surface area contributed by atoms with E-state index in [4.69, 9.17) is 11.6 Å².